The van der Waals surface area contributed by atoms with Gasteiger partial charge in [-0.25, -0.2) is 0 Å². The minimum Gasteiger partial charge on any atom is -0.362 e. The van der Waals surface area contributed by atoms with Gasteiger partial charge in [-0.15, -0.1) is 0 Å². The van der Waals surface area contributed by atoms with Crippen molar-refractivity contribution in [3.63, 3.8) is 0 Å². The summed E-state index contributed by atoms with van der Waals surface area (Å²) in [4.78, 5) is 29.8. The molecule has 1 aromatic heterocycles. The van der Waals surface area contributed by atoms with Crippen LogP contribution in [0.25, 0.3) is 10.9 Å². The number of anilines is 1. The van der Waals surface area contributed by atoms with Gasteiger partial charge in [0.25, 0.3) is 5.69 Å². The second-order valence-corrected chi connectivity index (χ2v) is 8.04. The Bertz CT molecular complexity index is 1170. The summed E-state index contributed by atoms with van der Waals surface area (Å²) in [6.45, 7) is 1.37. The lowest BCUT2D eigenvalue weighted by Crippen LogP contribution is -2.48. The molecule has 0 spiro atoms. The van der Waals surface area contributed by atoms with Crippen LogP contribution in [0.2, 0.25) is 0 Å². The van der Waals surface area contributed by atoms with Crippen LogP contribution >= 0.6 is 0 Å². The zero-order valence-corrected chi connectivity index (χ0v) is 17.8. The Morgan fingerprint density at radius 3 is 2.52 bits per heavy atom. The van der Waals surface area contributed by atoms with Crippen molar-refractivity contribution in [3.05, 3.63) is 69.9 Å². The van der Waals surface area contributed by atoms with Gasteiger partial charge in [0, 0.05) is 55.8 Å². The Hall–Kier alpha value is -3.56. The van der Waals surface area contributed by atoms with Gasteiger partial charge in [0.1, 0.15) is 5.69 Å². The van der Waals surface area contributed by atoms with Crippen LogP contribution in [0.1, 0.15) is 24.0 Å². The summed E-state index contributed by atoms with van der Waals surface area (Å²) in [5.74, 6) is 0.0106. The Morgan fingerprint density at radius 2 is 1.82 bits per heavy atom. The lowest BCUT2D eigenvalue weighted by Gasteiger charge is -2.36. The van der Waals surface area contributed by atoms with Crippen LogP contribution in [0.3, 0.4) is 0 Å². The second kappa shape index (κ2) is 9.13. The first-order valence-corrected chi connectivity index (χ1v) is 10.7. The van der Waals surface area contributed by atoms with Crippen molar-refractivity contribution in [1.29, 1.82) is 0 Å². The predicted molar refractivity (Wildman–Crippen MR) is 118 cm³/mol. The molecule has 2 heterocycles. The number of nitro groups is 1. The van der Waals surface area contributed by atoms with Gasteiger partial charge in [0.15, 0.2) is 0 Å². The van der Waals surface area contributed by atoms with Crippen molar-refractivity contribution in [2.24, 2.45) is 0 Å². The lowest BCUT2D eigenvalue weighted by atomic mass is 10.1. The molecule has 1 amide bonds. The summed E-state index contributed by atoms with van der Waals surface area (Å²) in [5, 5.41) is 12.5. The second-order valence-electron chi connectivity index (χ2n) is 8.04. The largest absolute Gasteiger partial charge is 0.416 e. The van der Waals surface area contributed by atoms with Gasteiger partial charge >= 0.3 is 6.18 Å². The molecular weight excluding hydrogens is 437 g/mol. The van der Waals surface area contributed by atoms with Gasteiger partial charge in [0.2, 0.25) is 5.91 Å². The predicted octanol–water partition coefficient (Wildman–Crippen LogP) is 4.77. The number of fused-ring (bicyclic) bond motifs is 1. The van der Waals surface area contributed by atoms with E-state index in [4.69, 9.17) is 0 Å². The van der Waals surface area contributed by atoms with E-state index >= 15 is 0 Å². The van der Waals surface area contributed by atoms with Gasteiger partial charge in [-0.05, 0) is 36.6 Å². The normalized spacial score (nSPS) is 14.6. The molecule has 7 nitrogen and oxygen atoms in total. The number of hydrogen-bond donors (Lipinski definition) is 1. The molecular formula is C23H23F3N4O3. The summed E-state index contributed by atoms with van der Waals surface area (Å²) in [6, 6.07) is 10.5. The first kappa shape index (κ1) is 22.6. The number of carbonyl (C=O) groups is 1. The number of amides is 1. The fraction of sp³-hybridized carbons (Fsp3) is 0.348. The van der Waals surface area contributed by atoms with E-state index < -0.39 is 22.4 Å². The average molecular weight is 460 g/mol. The number of H-pyrrole nitrogens is 1. The number of rotatable bonds is 6. The highest BCUT2D eigenvalue weighted by molar-refractivity contribution is 5.83. The molecule has 2 aromatic carbocycles. The summed E-state index contributed by atoms with van der Waals surface area (Å²) in [6.07, 6.45) is -0.829. The molecule has 0 atom stereocenters. The van der Waals surface area contributed by atoms with Gasteiger partial charge in [-0.1, -0.05) is 18.2 Å². The van der Waals surface area contributed by atoms with Crippen LogP contribution < -0.4 is 4.90 Å². The summed E-state index contributed by atoms with van der Waals surface area (Å²) < 4.78 is 38.8. The Balaban J connectivity index is 1.33. The highest BCUT2D eigenvalue weighted by atomic mass is 19.4. The van der Waals surface area contributed by atoms with E-state index in [0.29, 0.717) is 45.1 Å². The zero-order chi connectivity index (χ0) is 23.6. The molecule has 0 bridgehead atoms. The number of nitro benzene ring substituents is 1. The van der Waals surface area contributed by atoms with Gasteiger partial charge < -0.3 is 14.8 Å². The third-order valence-corrected chi connectivity index (χ3v) is 5.98. The highest BCUT2D eigenvalue weighted by Gasteiger charge is 2.34. The standard InChI is InChI=1S/C23H23F3N4O3/c24-23(25,26)17-8-9-20(21(14-17)30(32)33)28-10-12-29(13-11-28)22(31)7-3-4-16-15-27-19-6-2-1-5-18(16)19/h1-2,5-6,8-9,14-15,27H,3-4,7,10-13H2. The zero-order valence-electron chi connectivity index (χ0n) is 17.8. The van der Waals surface area contributed by atoms with E-state index in [2.05, 4.69) is 4.98 Å². The van der Waals surface area contributed by atoms with Crippen molar-refractivity contribution < 1.29 is 22.9 Å². The molecule has 4 rings (SSSR count). The molecule has 174 valence electrons. The van der Waals surface area contributed by atoms with Crippen molar-refractivity contribution in [2.75, 3.05) is 31.1 Å². The maximum Gasteiger partial charge on any atom is 0.416 e. The molecule has 3 aromatic rings. The van der Waals surface area contributed by atoms with Crippen LogP contribution in [0.4, 0.5) is 24.5 Å². The first-order valence-electron chi connectivity index (χ1n) is 10.7. The number of piperazine rings is 1. The van der Waals surface area contributed by atoms with Crippen molar-refractivity contribution >= 4 is 28.2 Å². The molecule has 1 fully saturated rings. The third kappa shape index (κ3) is 4.94. The van der Waals surface area contributed by atoms with Gasteiger partial charge in [-0.3, -0.25) is 14.9 Å². The number of aromatic amines is 1. The fourth-order valence-electron chi connectivity index (χ4n) is 4.24. The number of alkyl halides is 3. The average Bonchev–Trinajstić information content (AvgIpc) is 3.21. The first-order chi connectivity index (χ1) is 15.7. The molecule has 1 aliphatic heterocycles. The summed E-state index contributed by atoms with van der Waals surface area (Å²) >= 11 is 0. The van der Waals surface area contributed by atoms with E-state index in [1.807, 2.05) is 30.5 Å². The number of carbonyl (C=O) groups excluding carboxylic acids is 1. The number of para-hydroxylation sites is 1. The number of halogens is 3. The van der Waals surface area contributed by atoms with E-state index in [-0.39, 0.29) is 11.6 Å². The minimum atomic E-state index is -4.65. The van der Waals surface area contributed by atoms with Gasteiger partial charge in [-0.2, -0.15) is 13.2 Å². The number of nitrogens with zero attached hydrogens (tertiary/aromatic N) is 3. The van der Waals surface area contributed by atoms with E-state index in [1.54, 1.807) is 9.80 Å². The third-order valence-electron chi connectivity index (χ3n) is 5.98. The Kier molecular flexibility index (Phi) is 6.26. The van der Waals surface area contributed by atoms with Crippen molar-refractivity contribution in [3.8, 4) is 0 Å². The number of aromatic nitrogens is 1. The maximum atomic E-state index is 12.9. The molecule has 0 radical (unpaired) electrons. The number of nitrogens with one attached hydrogen (secondary N) is 1. The SMILES string of the molecule is O=C(CCCc1c[nH]c2ccccc12)N1CCN(c2ccc(C(F)(F)F)cc2[N+](=O)[O-])CC1. The van der Waals surface area contributed by atoms with Crippen LogP contribution in [0.15, 0.2) is 48.7 Å². The van der Waals surface area contributed by atoms with Crippen LogP contribution in [0, 0.1) is 10.1 Å². The topological polar surface area (TPSA) is 82.5 Å². The fourth-order valence-corrected chi connectivity index (χ4v) is 4.24. The molecule has 0 saturated carbocycles. The van der Waals surface area contributed by atoms with Crippen molar-refractivity contribution in [2.45, 2.75) is 25.4 Å². The monoisotopic (exact) mass is 460 g/mol. The number of hydrogen-bond acceptors (Lipinski definition) is 4. The minimum absolute atomic E-state index is 0.0106. The van der Waals surface area contributed by atoms with E-state index in [1.165, 1.54) is 0 Å². The van der Waals surface area contributed by atoms with Crippen LogP contribution in [-0.4, -0.2) is 46.9 Å². The number of aryl methyl sites for hydroxylation is 1. The molecule has 10 heteroatoms. The molecule has 1 saturated heterocycles. The molecule has 0 aliphatic carbocycles. The lowest BCUT2D eigenvalue weighted by molar-refractivity contribution is -0.384. The maximum absolute atomic E-state index is 12.9. The summed E-state index contributed by atoms with van der Waals surface area (Å²) in [7, 11) is 0. The Morgan fingerprint density at radius 1 is 1.09 bits per heavy atom. The van der Waals surface area contributed by atoms with E-state index in [0.717, 1.165) is 35.0 Å². The highest BCUT2D eigenvalue weighted by Crippen LogP contribution is 2.36. The molecule has 1 N–H and O–H groups in total. The van der Waals surface area contributed by atoms with Gasteiger partial charge in [0.05, 0.1) is 10.5 Å². The summed E-state index contributed by atoms with van der Waals surface area (Å²) in [5.41, 5.74) is 0.731. The number of benzene rings is 2. The quantitative estimate of drug-likeness (QED) is 0.425. The van der Waals surface area contributed by atoms with Crippen molar-refractivity contribution in [1.82, 2.24) is 9.88 Å². The van der Waals surface area contributed by atoms with Crippen LogP contribution in [0.5, 0.6) is 0 Å². The van der Waals surface area contributed by atoms with Crippen LogP contribution in [-0.2, 0) is 17.4 Å². The molecule has 33 heavy (non-hydrogen) atoms. The molecule has 1 aliphatic rings. The smallest absolute Gasteiger partial charge is 0.362 e. The Labute approximate surface area is 187 Å². The molecule has 0 unspecified atom stereocenters. The van der Waals surface area contributed by atoms with E-state index in [9.17, 15) is 28.1 Å².